The lowest BCUT2D eigenvalue weighted by molar-refractivity contribution is -0.141. The molecule has 2 unspecified atom stereocenters. The third kappa shape index (κ3) is 4.36. The van der Waals surface area contributed by atoms with Gasteiger partial charge in [-0.05, 0) is 31.4 Å². The second kappa shape index (κ2) is 8.30. The molecule has 178 valence electrons. The highest BCUT2D eigenvalue weighted by molar-refractivity contribution is 7.63. The minimum absolute atomic E-state index is 0.00391. The number of nitrogens with zero attached hydrogens (tertiary/aromatic N) is 7. The molecule has 0 bridgehead atoms. The molecule has 3 aromatic heterocycles. The summed E-state index contributed by atoms with van der Waals surface area (Å²) in [4.78, 5) is 23.0. The normalized spacial score (nSPS) is 21.3. The quantitative estimate of drug-likeness (QED) is 0.514. The van der Waals surface area contributed by atoms with Crippen LogP contribution in [-0.2, 0) is 10.7 Å². The highest BCUT2D eigenvalue weighted by atomic mass is 31.2. The Morgan fingerprint density at radius 2 is 1.94 bits per heavy atom. The summed E-state index contributed by atoms with van der Waals surface area (Å²) in [6, 6.07) is 1.77. The molecule has 0 amide bonds. The van der Waals surface area contributed by atoms with Crippen LogP contribution in [-0.4, -0.2) is 69.2 Å². The van der Waals surface area contributed by atoms with Crippen molar-refractivity contribution < 1.29 is 17.7 Å². The van der Waals surface area contributed by atoms with E-state index in [1.54, 1.807) is 12.3 Å². The molecule has 0 aromatic carbocycles. The van der Waals surface area contributed by atoms with Crippen LogP contribution in [0.5, 0.6) is 0 Å². The fraction of sp³-hybridized carbons (Fsp3) is 0.409. The molecule has 12 heteroatoms. The van der Waals surface area contributed by atoms with Gasteiger partial charge in [0.25, 0.3) is 0 Å². The van der Waals surface area contributed by atoms with E-state index in [4.69, 9.17) is 0 Å². The number of fused-ring (bicyclic) bond motifs is 1. The second-order valence-electron chi connectivity index (χ2n) is 9.00. The summed E-state index contributed by atoms with van der Waals surface area (Å²) in [7, 11) is -2.38. The topological polar surface area (TPSA) is 88.6 Å². The molecule has 2 aliphatic rings. The third-order valence-corrected chi connectivity index (χ3v) is 8.47. The van der Waals surface area contributed by atoms with E-state index in [2.05, 4.69) is 35.9 Å². The van der Waals surface area contributed by atoms with Crippen molar-refractivity contribution >= 4 is 24.8 Å². The predicted molar refractivity (Wildman–Crippen MR) is 124 cm³/mol. The van der Waals surface area contributed by atoms with Gasteiger partial charge in [-0.1, -0.05) is 6.08 Å². The molecule has 1 saturated heterocycles. The minimum Gasteiger partial charge on any atom is -0.355 e. The molecule has 0 spiro atoms. The maximum Gasteiger partial charge on any atom is 0.434 e. The molecule has 2 atom stereocenters. The molecular formula is C22H23F3N7OP. The van der Waals surface area contributed by atoms with Crippen LogP contribution in [0.2, 0.25) is 0 Å². The molecule has 5 rings (SSSR count). The summed E-state index contributed by atoms with van der Waals surface area (Å²) in [5.41, 5.74) is 0.713. The first-order chi connectivity index (χ1) is 16.1. The zero-order valence-corrected chi connectivity index (χ0v) is 19.5. The maximum atomic E-state index is 13.2. The van der Waals surface area contributed by atoms with E-state index < -0.39 is 19.0 Å². The van der Waals surface area contributed by atoms with Gasteiger partial charge in [0.15, 0.2) is 17.2 Å². The molecule has 1 fully saturated rings. The van der Waals surface area contributed by atoms with E-state index in [0.29, 0.717) is 31.1 Å². The van der Waals surface area contributed by atoms with E-state index in [9.17, 15) is 17.7 Å². The second-order valence-corrected chi connectivity index (χ2v) is 12.6. The van der Waals surface area contributed by atoms with Crippen molar-refractivity contribution in [2.24, 2.45) is 10.9 Å². The molecule has 0 radical (unpaired) electrons. The summed E-state index contributed by atoms with van der Waals surface area (Å²) >= 11 is 0. The van der Waals surface area contributed by atoms with Gasteiger partial charge in [-0.2, -0.15) is 13.2 Å². The Balaban J connectivity index is 1.51. The fourth-order valence-electron chi connectivity index (χ4n) is 4.44. The van der Waals surface area contributed by atoms with Crippen molar-refractivity contribution in [3.63, 3.8) is 0 Å². The molecule has 5 heterocycles. The third-order valence-electron chi connectivity index (χ3n) is 6.33. The molecule has 34 heavy (non-hydrogen) atoms. The lowest BCUT2D eigenvalue weighted by Crippen LogP contribution is -2.44. The van der Waals surface area contributed by atoms with Gasteiger partial charge in [0, 0.05) is 43.3 Å². The zero-order valence-electron chi connectivity index (χ0n) is 18.6. The van der Waals surface area contributed by atoms with Gasteiger partial charge in [0.2, 0.25) is 0 Å². The number of piperidine rings is 1. The van der Waals surface area contributed by atoms with E-state index in [1.807, 2.05) is 19.5 Å². The lowest BCUT2D eigenvalue weighted by atomic mass is 9.90. The molecule has 0 saturated carbocycles. The summed E-state index contributed by atoms with van der Waals surface area (Å²) < 4.78 is 53.9. The molecule has 3 aromatic rings. The first-order valence-corrected chi connectivity index (χ1v) is 13.5. The van der Waals surface area contributed by atoms with Gasteiger partial charge in [-0.3, -0.25) is 9.39 Å². The minimum atomic E-state index is -4.58. The molecular weight excluding hydrogens is 466 g/mol. The lowest BCUT2D eigenvalue weighted by Gasteiger charge is -2.40. The zero-order chi connectivity index (χ0) is 24.1. The van der Waals surface area contributed by atoms with E-state index >= 15 is 0 Å². The van der Waals surface area contributed by atoms with Gasteiger partial charge < -0.3 is 9.46 Å². The van der Waals surface area contributed by atoms with Crippen LogP contribution < -0.4 is 4.90 Å². The fourth-order valence-corrected chi connectivity index (χ4v) is 5.79. The number of hydrogen-bond donors (Lipinski definition) is 0. The average molecular weight is 489 g/mol. The van der Waals surface area contributed by atoms with Crippen LogP contribution in [0, 0.1) is 5.92 Å². The van der Waals surface area contributed by atoms with Crippen LogP contribution in [0.3, 0.4) is 0 Å². The summed E-state index contributed by atoms with van der Waals surface area (Å²) in [5, 5.41) is 0. The van der Waals surface area contributed by atoms with Gasteiger partial charge in [0.1, 0.15) is 11.5 Å². The van der Waals surface area contributed by atoms with Crippen molar-refractivity contribution in [1.29, 1.82) is 0 Å². The largest absolute Gasteiger partial charge is 0.434 e. The van der Waals surface area contributed by atoms with Crippen LogP contribution in [0.15, 0.2) is 47.5 Å². The Morgan fingerprint density at radius 1 is 1.12 bits per heavy atom. The number of hydrogen-bond acceptors (Lipinski definition) is 7. The Hall–Kier alpha value is -3.07. The van der Waals surface area contributed by atoms with Gasteiger partial charge >= 0.3 is 6.18 Å². The molecule has 0 N–H and O–H groups in total. The van der Waals surface area contributed by atoms with Gasteiger partial charge in [0.05, 0.1) is 26.1 Å². The Labute approximate surface area is 194 Å². The number of halogens is 3. The van der Waals surface area contributed by atoms with Crippen molar-refractivity contribution in [2.45, 2.75) is 18.3 Å². The van der Waals surface area contributed by atoms with Crippen molar-refractivity contribution in [3.8, 4) is 11.5 Å². The molecule has 0 aliphatic carbocycles. The highest BCUT2D eigenvalue weighted by Crippen LogP contribution is 2.48. The number of aliphatic imine (C=N–C) groups is 1. The number of rotatable bonds is 4. The Kier molecular flexibility index (Phi) is 5.55. The first-order valence-electron chi connectivity index (χ1n) is 10.8. The van der Waals surface area contributed by atoms with E-state index in [1.165, 1.54) is 10.6 Å². The summed E-state index contributed by atoms with van der Waals surface area (Å²) in [5.74, 6) is 1.05. The van der Waals surface area contributed by atoms with Crippen molar-refractivity contribution in [1.82, 2.24) is 24.3 Å². The number of anilines is 1. The SMILES string of the molecule is CP(C)(=O)C1CC(C2=CCN=C2)CN(c2ccnc(-c3cnc4cnc(C(F)(F)F)cn34)n2)C1. The smallest absolute Gasteiger partial charge is 0.355 e. The average Bonchev–Trinajstić information content (AvgIpc) is 3.47. The number of alkyl halides is 3. The monoisotopic (exact) mass is 489 g/mol. The predicted octanol–water partition coefficient (Wildman–Crippen LogP) is 4.03. The Bertz CT molecular complexity index is 1340. The van der Waals surface area contributed by atoms with Crippen LogP contribution in [0.1, 0.15) is 12.1 Å². The van der Waals surface area contributed by atoms with Gasteiger partial charge in [-0.25, -0.2) is 19.9 Å². The standard InChI is InChI=1S/C22H23F3N7OP/c1-34(2,33)16-7-15(14-3-5-26-8-14)11-31(12-16)19-4-6-27-21(30-19)17-9-29-20-10-28-18(13-32(17)20)22(23,24)25/h3-4,6,8-10,13,15-16H,5,7,11-12H2,1-2H3. The summed E-state index contributed by atoms with van der Waals surface area (Å²) in [6.45, 7) is 5.54. The van der Waals surface area contributed by atoms with E-state index in [-0.39, 0.29) is 23.0 Å². The van der Waals surface area contributed by atoms with Crippen molar-refractivity contribution in [3.05, 3.63) is 48.2 Å². The van der Waals surface area contributed by atoms with Crippen LogP contribution in [0.25, 0.3) is 17.2 Å². The maximum absolute atomic E-state index is 13.2. The van der Waals surface area contributed by atoms with Gasteiger partial charge in [-0.15, -0.1) is 0 Å². The van der Waals surface area contributed by atoms with Crippen LogP contribution in [0.4, 0.5) is 19.0 Å². The van der Waals surface area contributed by atoms with Crippen LogP contribution >= 0.6 is 7.14 Å². The number of aromatic nitrogens is 5. The molecule has 8 nitrogen and oxygen atoms in total. The first kappa shape index (κ1) is 22.7. The Morgan fingerprint density at radius 3 is 2.65 bits per heavy atom. The highest BCUT2D eigenvalue weighted by Gasteiger charge is 2.36. The van der Waals surface area contributed by atoms with Crippen molar-refractivity contribution in [2.75, 3.05) is 37.9 Å². The molecule has 2 aliphatic heterocycles. The number of imidazole rings is 1. The van der Waals surface area contributed by atoms with E-state index in [0.717, 1.165) is 24.4 Å². The summed E-state index contributed by atoms with van der Waals surface area (Å²) in [6.07, 6.45) is 5.21.